The SMILES string of the molecule is CNc1ccc(C(=O)N2CCC(C(=O)OC)CC2)cc1[N+](=O)[O-]. The van der Waals surface area contributed by atoms with E-state index in [0.29, 0.717) is 31.6 Å². The molecule has 0 unspecified atom stereocenters. The normalized spacial score (nSPS) is 15.1. The maximum Gasteiger partial charge on any atom is 0.308 e. The Hall–Kier alpha value is -2.64. The summed E-state index contributed by atoms with van der Waals surface area (Å²) in [6.45, 7) is 0.861. The van der Waals surface area contributed by atoms with Gasteiger partial charge in [0.25, 0.3) is 11.6 Å². The molecule has 0 aliphatic carbocycles. The number of nitrogens with one attached hydrogen (secondary N) is 1. The average molecular weight is 321 g/mol. The van der Waals surface area contributed by atoms with Gasteiger partial charge in [-0.3, -0.25) is 19.7 Å². The van der Waals surface area contributed by atoms with E-state index >= 15 is 0 Å². The molecule has 0 atom stereocenters. The number of likely N-dealkylation sites (tertiary alicyclic amines) is 1. The highest BCUT2D eigenvalue weighted by atomic mass is 16.6. The second-order valence-electron chi connectivity index (χ2n) is 5.33. The van der Waals surface area contributed by atoms with Crippen molar-refractivity contribution in [2.24, 2.45) is 5.92 Å². The van der Waals surface area contributed by atoms with Crippen molar-refractivity contribution in [1.82, 2.24) is 4.90 Å². The summed E-state index contributed by atoms with van der Waals surface area (Å²) < 4.78 is 4.71. The van der Waals surface area contributed by atoms with Crippen molar-refractivity contribution in [2.75, 3.05) is 32.6 Å². The summed E-state index contributed by atoms with van der Waals surface area (Å²) >= 11 is 0. The molecule has 1 N–H and O–H groups in total. The average Bonchev–Trinajstić information content (AvgIpc) is 2.59. The van der Waals surface area contributed by atoms with E-state index in [1.807, 2.05) is 0 Å². The van der Waals surface area contributed by atoms with Gasteiger partial charge < -0.3 is 15.0 Å². The number of rotatable bonds is 4. The van der Waals surface area contributed by atoms with Crippen LogP contribution in [0.4, 0.5) is 11.4 Å². The lowest BCUT2D eigenvalue weighted by atomic mass is 9.96. The van der Waals surface area contributed by atoms with Crippen LogP contribution in [0.5, 0.6) is 0 Å². The van der Waals surface area contributed by atoms with Crippen LogP contribution in [-0.2, 0) is 9.53 Å². The zero-order valence-corrected chi connectivity index (χ0v) is 13.1. The van der Waals surface area contributed by atoms with Gasteiger partial charge in [-0.25, -0.2) is 0 Å². The van der Waals surface area contributed by atoms with Crippen LogP contribution in [-0.4, -0.2) is 48.9 Å². The quantitative estimate of drug-likeness (QED) is 0.514. The number of hydrogen-bond donors (Lipinski definition) is 1. The Morgan fingerprint density at radius 2 is 2.00 bits per heavy atom. The molecule has 1 aliphatic rings. The molecule has 1 saturated heterocycles. The maximum atomic E-state index is 12.5. The Labute approximate surface area is 133 Å². The van der Waals surface area contributed by atoms with Crippen molar-refractivity contribution >= 4 is 23.3 Å². The number of benzene rings is 1. The standard InChI is InChI=1S/C15H19N3O5/c1-16-12-4-3-11(9-13(12)18(21)22)14(19)17-7-5-10(6-8-17)15(20)23-2/h3-4,9-10,16H,5-8H2,1-2H3. The third-order valence-electron chi connectivity index (χ3n) is 4.03. The number of piperidine rings is 1. The lowest BCUT2D eigenvalue weighted by molar-refractivity contribution is -0.384. The number of nitro groups is 1. The third kappa shape index (κ3) is 3.58. The van der Waals surface area contributed by atoms with Gasteiger partial charge in [-0.15, -0.1) is 0 Å². The summed E-state index contributed by atoms with van der Waals surface area (Å²) in [5.41, 5.74) is 0.492. The first kappa shape index (κ1) is 16.7. The number of nitrogens with zero attached hydrogens (tertiary/aromatic N) is 2. The van der Waals surface area contributed by atoms with Crippen molar-refractivity contribution in [3.8, 4) is 0 Å². The number of carbonyl (C=O) groups excluding carboxylic acids is 2. The van der Waals surface area contributed by atoms with Crippen LogP contribution in [0.15, 0.2) is 18.2 Å². The Morgan fingerprint density at radius 1 is 1.35 bits per heavy atom. The van der Waals surface area contributed by atoms with E-state index in [0.717, 1.165) is 0 Å². The molecule has 23 heavy (non-hydrogen) atoms. The molecule has 1 amide bonds. The van der Waals surface area contributed by atoms with Gasteiger partial charge in [-0.05, 0) is 25.0 Å². The van der Waals surface area contributed by atoms with Crippen LogP contribution >= 0.6 is 0 Å². The van der Waals surface area contributed by atoms with E-state index < -0.39 is 4.92 Å². The second kappa shape index (κ2) is 7.08. The van der Waals surface area contributed by atoms with Gasteiger partial charge in [0.05, 0.1) is 18.0 Å². The number of methoxy groups -OCH3 is 1. The first-order valence-corrected chi connectivity index (χ1v) is 7.31. The molecule has 0 spiro atoms. The van der Waals surface area contributed by atoms with Gasteiger partial charge in [-0.1, -0.05) is 0 Å². The molecule has 1 aliphatic heterocycles. The number of hydrogen-bond acceptors (Lipinski definition) is 6. The molecule has 124 valence electrons. The van der Waals surface area contributed by atoms with Crippen molar-refractivity contribution in [2.45, 2.75) is 12.8 Å². The van der Waals surface area contributed by atoms with Crippen molar-refractivity contribution < 1.29 is 19.2 Å². The van der Waals surface area contributed by atoms with E-state index in [9.17, 15) is 19.7 Å². The minimum absolute atomic E-state index is 0.136. The van der Waals surface area contributed by atoms with E-state index in [2.05, 4.69) is 5.32 Å². The predicted molar refractivity (Wildman–Crippen MR) is 83.3 cm³/mol. The smallest absolute Gasteiger partial charge is 0.308 e. The lowest BCUT2D eigenvalue weighted by Crippen LogP contribution is -2.40. The molecule has 1 aromatic rings. The fourth-order valence-corrected chi connectivity index (χ4v) is 2.69. The van der Waals surface area contributed by atoms with Crippen LogP contribution in [0.2, 0.25) is 0 Å². The monoisotopic (exact) mass is 321 g/mol. The molecule has 0 radical (unpaired) electrons. The Kier molecular flexibility index (Phi) is 5.15. The number of esters is 1. The summed E-state index contributed by atoms with van der Waals surface area (Å²) in [5, 5.41) is 13.8. The highest BCUT2D eigenvalue weighted by Gasteiger charge is 2.29. The fraction of sp³-hybridized carbons (Fsp3) is 0.467. The number of ether oxygens (including phenoxy) is 1. The van der Waals surface area contributed by atoms with Crippen LogP contribution in [0.3, 0.4) is 0 Å². The van der Waals surface area contributed by atoms with Gasteiger partial charge in [0, 0.05) is 31.8 Å². The van der Waals surface area contributed by atoms with Crippen molar-refractivity contribution in [3.05, 3.63) is 33.9 Å². The zero-order valence-electron chi connectivity index (χ0n) is 13.1. The molecular weight excluding hydrogens is 302 g/mol. The first-order valence-electron chi connectivity index (χ1n) is 7.31. The van der Waals surface area contributed by atoms with E-state index in [4.69, 9.17) is 4.74 Å². The Morgan fingerprint density at radius 3 is 2.52 bits per heavy atom. The van der Waals surface area contributed by atoms with Crippen LogP contribution in [0.25, 0.3) is 0 Å². The van der Waals surface area contributed by atoms with Crippen LogP contribution in [0.1, 0.15) is 23.2 Å². The number of carbonyl (C=O) groups is 2. The van der Waals surface area contributed by atoms with Gasteiger partial charge >= 0.3 is 5.97 Å². The van der Waals surface area contributed by atoms with Gasteiger partial charge in [0.15, 0.2) is 0 Å². The fourth-order valence-electron chi connectivity index (χ4n) is 2.69. The molecule has 8 heteroatoms. The van der Waals surface area contributed by atoms with Crippen LogP contribution < -0.4 is 5.32 Å². The molecule has 0 saturated carbocycles. The highest BCUT2D eigenvalue weighted by molar-refractivity contribution is 5.96. The molecular formula is C15H19N3O5. The van der Waals surface area contributed by atoms with Gasteiger partial charge in [0.1, 0.15) is 5.69 Å². The zero-order chi connectivity index (χ0) is 17.0. The third-order valence-corrected chi connectivity index (χ3v) is 4.03. The highest BCUT2D eigenvalue weighted by Crippen LogP contribution is 2.27. The lowest BCUT2D eigenvalue weighted by Gasteiger charge is -2.30. The minimum Gasteiger partial charge on any atom is -0.469 e. The number of anilines is 1. The molecule has 0 aromatic heterocycles. The summed E-state index contributed by atoms with van der Waals surface area (Å²) in [6.07, 6.45) is 1.07. The summed E-state index contributed by atoms with van der Waals surface area (Å²) in [6, 6.07) is 4.36. The Balaban J connectivity index is 2.11. The summed E-state index contributed by atoms with van der Waals surface area (Å²) in [5.74, 6) is -0.713. The number of amides is 1. The largest absolute Gasteiger partial charge is 0.469 e. The van der Waals surface area contributed by atoms with E-state index in [-0.39, 0.29) is 29.0 Å². The molecule has 8 nitrogen and oxygen atoms in total. The molecule has 2 rings (SSSR count). The summed E-state index contributed by atoms with van der Waals surface area (Å²) in [4.78, 5) is 36.1. The number of nitro benzene ring substituents is 1. The molecule has 1 fully saturated rings. The van der Waals surface area contributed by atoms with Crippen molar-refractivity contribution in [3.63, 3.8) is 0 Å². The predicted octanol–water partition coefficient (Wildman–Crippen LogP) is 1.66. The maximum absolute atomic E-state index is 12.5. The van der Waals surface area contributed by atoms with Gasteiger partial charge in [0.2, 0.25) is 0 Å². The molecule has 0 bridgehead atoms. The first-order chi connectivity index (χ1) is 11.0. The van der Waals surface area contributed by atoms with E-state index in [1.54, 1.807) is 18.0 Å². The van der Waals surface area contributed by atoms with Crippen LogP contribution in [0, 0.1) is 16.0 Å². The van der Waals surface area contributed by atoms with Crippen molar-refractivity contribution in [1.29, 1.82) is 0 Å². The minimum atomic E-state index is -0.522. The molecule has 1 heterocycles. The topological polar surface area (TPSA) is 102 Å². The van der Waals surface area contributed by atoms with Gasteiger partial charge in [-0.2, -0.15) is 0 Å². The molecule has 1 aromatic carbocycles. The second-order valence-corrected chi connectivity index (χ2v) is 5.33. The Bertz CT molecular complexity index is 624. The van der Waals surface area contributed by atoms with E-state index in [1.165, 1.54) is 19.2 Å². The summed E-state index contributed by atoms with van der Waals surface area (Å²) in [7, 11) is 2.93.